The van der Waals surface area contributed by atoms with Gasteiger partial charge in [-0.25, -0.2) is 0 Å². The van der Waals surface area contributed by atoms with Gasteiger partial charge in [0.2, 0.25) is 0 Å². The molecule has 1 fully saturated rings. The number of ether oxygens (including phenoxy) is 1. The molecule has 1 aliphatic rings. The molecule has 0 heterocycles. The number of carbonyl (C=O) groups excluding carboxylic acids is 1. The van der Waals surface area contributed by atoms with E-state index >= 15 is 0 Å². The van der Waals surface area contributed by atoms with Crippen molar-refractivity contribution in [2.45, 2.75) is 32.1 Å². The van der Waals surface area contributed by atoms with Gasteiger partial charge < -0.3 is 14.4 Å². The molecular formula is C12H23NO2. The van der Waals surface area contributed by atoms with E-state index in [4.69, 9.17) is 4.74 Å². The van der Waals surface area contributed by atoms with Gasteiger partial charge in [0.05, 0.1) is 0 Å². The number of aldehydes is 1. The Morgan fingerprint density at radius 3 is 2.60 bits per heavy atom. The Labute approximate surface area is 92.8 Å². The SMILES string of the molecule is COCCCN(C)CC1(C=O)CCCC1. The Balaban J connectivity index is 2.28. The minimum Gasteiger partial charge on any atom is -0.385 e. The highest BCUT2D eigenvalue weighted by molar-refractivity contribution is 5.60. The van der Waals surface area contributed by atoms with Crippen molar-refractivity contribution in [1.82, 2.24) is 4.90 Å². The molecule has 1 aliphatic carbocycles. The highest BCUT2D eigenvalue weighted by atomic mass is 16.5. The van der Waals surface area contributed by atoms with E-state index in [1.54, 1.807) is 7.11 Å². The second-order valence-corrected chi connectivity index (χ2v) is 4.77. The van der Waals surface area contributed by atoms with Gasteiger partial charge in [-0.3, -0.25) is 0 Å². The van der Waals surface area contributed by atoms with Gasteiger partial charge in [-0.05, 0) is 26.3 Å². The Bertz CT molecular complexity index is 188. The first kappa shape index (κ1) is 12.7. The molecule has 3 heteroatoms. The fourth-order valence-corrected chi connectivity index (χ4v) is 2.49. The van der Waals surface area contributed by atoms with Crippen LogP contribution < -0.4 is 0 Å². The van der Waals surface area contributed by atoms with Crippen LogP contribution in [0.2, 0.25) is 0 Å². The maximum atomic E-state index is 11.1. The van der Waals surface area contributed by atoms with Crippen molar-refractivity contribution >= 4 is 6.29 Å². The summed E-state index contributed by atoms with van der Waals surface area (Å²) in [5.41, 5.74) is -0.0399. The summed E-state index contributed by atoms with van der Waals surface area (Å²) in [5.74, 6) is 0. The molecule has 88 valence electrons. The lowest BCUT2D eigenvalue weighted by Gasteiger charge is -2.28. The lowest BCUT2D eigenvalue weighted by Crippen LogP contribution is -2.35. The molecule has 15 heavy (non-hydrogen) atoms. The zero-order valence-electron chi connectivity index (χ0n) is 10.00. The van der Waals surface area contributed by atoms with Gasteiger partial charge in [0.1, 0.15) is 6.29 Å². The van der Waals surface area contributed by atoms with Crippen LogP contribution in [0.25, 0.3) is 0 Å². The number of carbonyl (C=O) groups is 1. The molecular weight excluding hydrogens is 190 g/mol. The normalized spacial score (nSPS) is 19.7. The standard InChI is InChI=1S/C12H23NO2/c1-13(8-5-9-15-2)10-12(11-14)6-3-4-7-12/h11H,3-10H2,1-2H3. The van der Waals surface area contributed by atoms with E-state index in [9.17, 15) is 4.79 Å². The summed E-state index contributed by atoms with van der Waals surface area (Å²) in [6.07, 6.45) is 6.81. The molecule has 0 saturated heterocycles. The molecule has 0 atom stereocenters. The number of methoxy groups -OCH3 is 1. The van der Waals surface area contributed by atoms with E-state index in [2.05, 4.69) is 11.9 Å². The lowest BCUT2D eigenvalue weighted by molar-refractivity contribution is -0.116. The third kappa shape index (κ3) is 3.92. The minimum absolute atomic E-state index is 0.0399. The summed E-state index contributed by atoms with van der Waals surface area (Å²) >= 11 is 0. The molecule has 1 rings (SSSR count). The number of hydrogen-bond acceptors (Lipinski definition) is 3. The molecule has 3 nitrogen and oxygen atoms in total. The highest BCUT2D eigenvalue weighted by Gasteiger charge is 2.34. The fraction of sp³-hybridized carbons (Fsp3) is 0.917. The van der Waals surface area contributed by atoms with Gasteiger partial charge in [0.15, 0.2) is 0 Å². The summed E-state index contributed by atoms with van der Waals surface area (Å²) in [6.45, 7) is 2.74. The van der Waals surface area contributed by atoms with Crippen LogP contribution in [0, 0.1) is 5.41 Å². The van der Waals surface area contributed by atoms with Crippen LogP contribution in [-0.4, -0.2) is 45.0 Å². The first-order valence-corrected chi connectivity index (χ1v) is 5.86. The molecule has 0 bridgehead atoms. The smallest absolute Gasteiger partial charge is 0.127 e. The third-order valence-electron chi connectivity index (χ3n) is 3.32. The van der Waals surface area contributed by atoms with Crippen molar-refractivity contribution in [2.75, 3.05) is 33.9 Å². The molecule has 0 aromatic heterocycles. The molecule has 0 spiro atoms. The average Bonchev–Trinajstić information content (AvgIpc) is 2.67. The van der Waals surface area contributed by atoms with Crippen LogP contribution in [0.15, 0.2) is 0 Å². The molecule has 0 aliphatic heterocycles. The zero-order chi connectivity index (χ0) is 11.1. The average molecular weight is 213 g/mol. The summed E-state index contributed by atoms with van der Waals surface area (Å²) in [5, 5.41) is 0. The molecule has 0 aromatic rings. The van der Waals surface area contributed by atoms with Crippen molar-refractivity contribution in [3.8, 4) is 0 Å². The summed E-state index contributed by atoms with van der Waals surface area (Å²) in [6, 6.07) is 0. The summed E-state index contributed by atoms with van der Waals surface area (Å²) < 4.78 is 5.02. The Morgan fingerprint density at radius 2 is 2.07 bits per heavy atom. The monoisotopic (exact) mass is 213 g/mol. The van der Waals surface area contributed by atoms with Crippen LogP contribution in [0.1, 0.15) is 32.1 Å². The van der Waals surface area contributed by atoms with E-state index in [0.717, 1.165) is 39.0 Å². The molecule has 0 N–H and O–H groups in total. The molecule has 0 radical (unpaired) electrons. The minimum atomic E-state index is -0.0399. The van der Waals surface area contributed by atoms with Crippen molar-refractivity contribution in [3.63, 3.8) is 0 Å². The van der Waals surface area contributed by atoms with E-state index in [1.165, 1.54) is 19.1 Å². The van der Waals surface area contributed by atoms with E-state index in [1.807, 2.05) is 0 Å². The lowest BCUT2D eigenvalue weighted by atomic mass is 9.87. The van der Waals surface area contributed by atoms with Gasteiger partial charge in [-0.1, -0.05) is 12.8 Å². The molecule has 0 amide bonds. The highest BCUT2D eigenvalue weighted by Crippen LogP contribution is 2.36. The summed E-state index contributed by atoms with van der Waals surface area (Å²) in [7, 11) is 3.82. The van der Waals surface area contributed by atoms with Gasteiger partial charge in [-0.2, -0.15) is 0 Å². The first-order chi connectivity index (χ1) is 7.22. The maximum Gasteiger partial charge on any atom is 0.127 e. The van der Waals surface area contributed by atoms with Crippen LogP contribution >= 0.6 is 0 Å². The predicted molar refractivity (Wildman–Crippen MR) is 61.0 cm³/mol. The second kappa shape index (κ2) is 6.23. The van der Waals surface area contributed by atoms with Crippen molar-refractivity contribution < 1.29 is 9.53 Å². The van der Waals surface area contributed by atoms with Gasteiger partial charge in [-0.15, -0.1) is 0 Å². The predicted octanol–water partition coefficient (Wildman–Crippen LogP) is 1.71. The Morgan fingerprint density at radius 1 is 1.40 bits per heavy atom. The van der Waals surface area contributed by atoms with E-state index < -0.39 is 0 Å². The Kier molecular flexibility index (Phi) is 5.26. The van der Waals surface area contributed by atoms with Crippen LogP contribution in [0.5, 0.6) is 0 Å². The van der Waals surface area contributed by atoms with Crippen molar-refractivity contribution in [2.24, 2.45) is 5.41 Å². The number of nitrogens with zero attached hydrogens (tertiary/aromatic N) is 1. The quantitative estimate of drug-likeness (QED) is 0.476. The van der Waals surface area contributed by atoms with Crippen LogP contribution in [0.4, 0.5) is 0 Å². The number of rotatable bonds is 7. The maximum absolute atomic E-state index is 11.1. The van der Waals surface area contributed by atoms with Crippen molar-refractivity contribution in [1.29, 1.82) is 0 Å². The fourth-order valence-electron chi connectivity index (χ4n) is 2.49. The third-order valence-corrected chi connectivity index (χ3v) is 3.32. The van der Waals surface area contributed by atoms with Crippen LogP contribution in [-0.2, 0) is 9.53 Å². The first-order valence-electron chi connectivity index (χ1n) is 5.86. The zero-order valence-corrected chi connectivity index (χ0v) is 10.00. The largest absolute Gasteiger partial charge is 0.385 e. The molecule has 1 saturated carbocycles. The molecule has 0 unspecified atom stereocenters. The van der Waals surface area contributed by atoms with E-state index in [-0.39, 0.29) is 5.41 Å². The number of hydrogen-bond donors (Lipinski definition) is 0. The van der Waals surface area contributed by atoms with Gasteiger partial charge in [0.25, 0.3) is 0 Å². The summed E-state index contributed by atoms with van der Waals surface area (Å²) in [4.78, 5) is 13.4. The second-order valence-electron chi connectivity index (χ2n) is 4.77. The Hall–Kier alpha value is -0.410. The van der Waals surface area contributed by atoms with Gasteiger partial charge in [0, 0.05) is 32.2 Å². The molecule has 0 aromatic carbocycles. The van der Waals surface area contributed by atoms with E-state index in [0.29, 0.717) is 0 Å². The topological polar surface area (TPSA) is 29.5 Å². The van der Waals surface area contributed by atoms with Gasteiger partial charge >= 0.3 is 0 Å². The van der Waals surface area contributed by atoms with Crippen molar-refractivity contribution in [3.05, 3.63) is 0 Å². The van der Waals surface area contributed by atoms with Crippen LogP contribution in [0.3, 0.4) is 0 Å².